The summed E-state index contributed by atoms with van der Waals surface area (Å²) in [6, 6.07) is 6.78. The highest BCUT2D eigenvalue weighted by Gasteiger charge is 2.21. The number of likely N-dealkylation sites (N-methyl/N-ethyl adjacent to an activating group) is 1. The van der Waals surface area contributed by atoms with E-state index in [2.05, 4.69) is 45.9 Å². The number of hydrogen-bond acceptors (Lipinski definition) is 3. The third kappa shape index (κ3) is 3.46. The Bertz CT molecular complexity index is 406. The van der Waals surface area contributed by atoms with Gasteiger partial charge in [0, 0.05) is 29.3 Å². The van der Waals surface area contributed by atoms with Crippen LogP contribution in [0.3, 0.4) is 0 Å². The summed E-state index contributed by atoms with van der Waals surface area (Å²) in [5.41, 5.74) is 7.91. The minimum Gasteiger partial charge on any atom is -0.399 e. The molecule has 1 aliphatic rings. The molecule has 2 rings (SSSR count). The smallest absolute Gasteiger partial charge is 0.0325 e. The average molecular weight is 312 g/mol. The Morgan fingerprint density at radius 3 is 2.89 bits per heavy atom. The number of nitrogen functional groups attached to an aromatic ring is 1. The number of anilines is 1. The maximum Gasteiger partial charge on any atom is 0.0325 e. The van der Waals surface area contributed by atoms with Crippen LogP contribution in [0, 0.1) is 0 Å². The molecule has 0 radical (unpaired) electrons. The minimum atomic E-state index is 0.686. The summed E-state index contributed by atoms with van der Waals surface area (Å²) >= 11 is 3.60. The van der Waals surface area contributed by atoms with Gasteiger partial charge in [-0.05, 0) is 51.2 Å². The third-order valence-electron chi connectivity index (χ3n) is 3.68. The van der Waals surface area contributed by atoms with Gasteiger partial charge in [-0.2, -0.15) is 0 Å². The molecule has 0 saturated carbocycles. The van der Waals surface area contributed by atoms with Crippen LogP contribution < -0.4 is 5.73 Å². The van der Waals surface area contributed by atoms with E-state index in [4.69, 9.17) is 5.73 Å². The maximum atomic E-state index is 5.77. The highest BCUT2D eigenvalue weighted by atomic mass is 79.9. The lowest BCUT2D eigenvalue weighted by molar-refractivity contribution is 0.128. The van der Waals surface area contributed by atoms with Gasteiger partial charge < -0.3 is 10.6 Å². The summed E-state index contributed by atoms with van der Waals surface area (Å²) in [6.07, 6.45) is 2.60. The number of halogens is 1. The Balaban J connectivity index is 2.00. The fourth-order valence-electron chi connectivity index (χ4n) is 2.53. The first-order valence-electron chi connectivity index (χ1n) is 6.49. The first-order chi connectivity index (χ1) is 8.56. The summed E-state index contributed by atoms with van der Waals surface area (Å²) in [5.74, 6) is 0. The second-order valence-corrected chi connectivity index (χ2v) is 6.20. The molecular weight excluding hydrogens is 290 g/mol. The van der Waals surface area contributed by atoms with Gasteiger partial charge in [-0.25, -0.2) is 0 Å². The summed E-state index contributed by atoms with van der Waals surface area (Å²) in [5, 5.41) is 0. The van der Waals surface area contributed by atoms with E-state index in [1.165, 1.54) is 24.9 Å². The monoisotopic (exact) mass is 311 g/mol. The van der Waals surface area contributed by atoms with Crippen LogP contribution in [-0.2, 0) is 6.54 Å². The summed E-state index contributed by atoms with van der Waals surface area (Å²) < 4.78 is 1.12. The normalized spacial score (nSPS) is 21.4. The van der Waals surface area contributed by atoms with Crippen molar-refractivity contribution in [1.82, 2.24) is 9.80 Å². The standard InChI is InChI=1S/C14H22BrN3/c1-17(2)13-4-3-7-18(10-13)9-11-5-6-12(16)8-14(11)15/h5-6,8,13H,3-4,7,9-10,16H2,1-2H3. The van der Waals surface area contributed by atoms with Gasteiger partial charge in [0.25, 0.3) is 0 Å². The van der Waals surface area contributed by atoms with E-state index in [0.717, 1.165) is 23.2 Å². The molecule has 1 unspecified atom stereocenters. The maximum absolute atomic E-state index is 5.77. The first-order valence-corrected chi connectivity index (χ1v) is 7.28. The highest BCUT2D eigenvalue weighted by molar-refractivity contribution is 9.10. The molecule has 1 fully saturated rings. The van der Waals surface area contributed by atoms with Gasteiger partial charge in [0.15, 0.2) is 0 Å². The van der Waals surface area contributed by atoms with Crippen LogP contribution in [0.25, 0.3) is 0 Å². The van der Waals surface area contributed by atoms with Gasteiger partial charge in [-0.3, -0.25) is 4.90 Å². The van der Waals surface area contributed by atoms with Crippen molar-refractivity contribution in [2.75, 3.05) is 32.9 Å². The molecule has 1 saturated heterocycles. The summed E-state index contributed by atoms with van der Waals surface area (Å²) in [6.45, 7) is 3.36. The van der Waals surface area contributed by atoms with Crippen LogP contribution in [-0.4, -0.2) is 43.0 Å². The van der Waals surface area contributed by atoms with E-state index in [-0.39, 0.29) is 0 Å². The summed E-state index contributed by atoms with van der Waals surface area (Å²) in [7, 11) is 4.35. The van der Waals surface area contributed by atoms with Crippen molar-refractivity contribution in [3.8, 4) is 0 Å². The van der Waals surface area contributed by atoms with Crippen LogP contribution in [0.2, 0.25) is 0 Å². The van der Waals surface area contributed by atoms with E-state index in [1.54, 1.807) is 0 Å². The SMILES string of the molecule is CN(C)C1CCCN(Cc2ccc(N)cc2Br)C1. The number of rotatable bonds is 3. The van der Waals surface area contributed by atoms with Crippen LogP contribution in [0.4, 0.5) is 5.69 Å². The van der Waals surface area contributed by atoms with Crippen LogP contribution in [0.1, 0.15) is 18.4 Å². The van der Waals surface area contributed by atoms with Crippen LogP contribution in [0.15, 0.2) is 22.7 Å². The van der Waals surface area contributed by atoms with Crippen molar-refractivity contribution in [2.45, 2.75) is 25.4 Å². The molecular formula is C14H22BrN3. The quantitative estimate of drug-likeness (QED) is 0.871. The molecule has 4 heteroatoms. The molecule has 100 valence electrons. The molecule has 1 atom stereocenters. The summed E-state index contributed by atoms with van der Waals surface area (Å²) in [4.78, 5) is 4.87. The van der Waals surface area contributed by atoms with E-state index >= 15 is 0 Å². The third-order valence-corrected chi connectivity index (χ3v) is 4.42. The Morgan fingerprint density at radius 2 is 2.22 bits per heavy atom. The fraction of sp³-hybridized carbons (Fsp3) is 0.571. The molecule has 1 aromatic rings. The Hall–Kier alpha value is -0.580. The molecule has 0 amide bonds. The van der Waals surface area contributed by atoms with E-state index in [0.29, 0.717) is 6.04 Å². The zero-order valence-electron chi connectivity index (χ0n) is 11.2. The number of hydrogen-bond donors (Lipinski definition) is 1. The van der Waals surface area contributed by atoms with Gasteiger partial charge >= 0.3 is 0 Å². The van der Waals surface area contributed by atoms with Gasteiger partial charge in [0.2, 0.25) is 0 Å². The van der Waals surface area contributed by atoms with Crippen molar-refractivity contribution in [3.05, 3.63) is 28.2 Å². The topological polar surface area (TPSA) is 32.5 Å². The van der Waals surface area contributed by atoms with Gasteiger partial charge in [-0.15, -0.1) is 0 Å². The molecule has 0 bridgehead atoms. The molecule has 1 aliphatic heterocycles. The lowest BCUT2D eigenvalue weighted by atomic mass is 10.0. The second kappa shape index (κ2) is 6.04. The van der Waals surface area contributed by atoms with Crippen molar-refractivity contribution >= 4 is 21.6 Å². The molecule has 0 aromatic heterocycles. The number of piperidine rings is 1. The Morgan fingerprint density at radius 1 is 1.44 bits per heavy atom. The predicted molar refractivity (Wildman–Crippen MR) is 80.5 cm³/mol. The van der Waals surface area contributed by atoms with Gasteiger partial charge in [0.1, 0.15) is 0 Å². The van der Waals surface area contributed by atoms with Gasteiger partial charge in [0.05, 0.1) is 0 Å². The van der Waals surface area contributed by atoms with Crippen molar-refractivity contribution < 1.29 is 0 Å². The second-order valence-electron chi connectivity index (χ2n) is 5.35. The molecule has 1 aromatic carbocycles. The van der Waals surface area contributed by atoms with Crippen molar-refractivity contribution in [2.24, 2.45) is 0 Å². The molecule has 0 aliphatic carbocycles. The number of nitrogens with zero attached hydrogens (tertiary/aromatic N) is 2. The zero-order chi connectivity index (χ0) is 13.1. The first kappa shape index (κ1) is 13.8. The van der Waals surface area contributed by atoms with Crippen molar-refractivity contribution in [3.63, 3.8) is 0 Å². The van der Waals surface area contributed by atoms with Gasteiger partial charge in [-0.1, -0.05) is 22.0 Å². The lowest BCUT2D eigenvalue weighted by Crippen LogP contribution is -2.44. The van der Waals surface area contributed by atoms with E-state index in [9.17, 15) is 0 Å². The Labute approximate surface area is 118 Å². The van der Waals surface area contributed by atoms with Crippen molar-refractivity contribution in [1.29, 1.82) is 0 Å². The Kier molecular flexibility index (Phi) is 4.65. The molecule has 0 spiro atoms. The lowest BCUT2D eigenvalue weighted by Gasteiger charge is -2.36. The fourth-order valence-corrected chi connectivity index (χ4v) is 3.05. The van der Waals surface area contributed by atoms with E-state index < -0.39 is 0 Å². The van der Waals surface area contributed by atoms with Crippen LogP contribution in [0.5, 0.6) is 0 Å². The molecule has 3 nitrogen and oxygen atoms in total. The number of benzene rings is 1. The average Bonchev–Trinajstić information content (AvgIpc) is 2.33. The van der Waals surface area contributed by atoms with Crippen LogP contribution >= 0.6 is 15.9 Å². The number of likely N-dealkylation sites (tertiary alicyclic amines) is 1. The zero-order valence-corrected chi connectivity index (χ0v) is 12.8. The molecule has 2 N–H and O–H groups in total. The molecule has 1 heterocycles. The largest absolute Gasteiger partial charge is 0.399 e. The predicted octanol–water partition coefficient (Wildman–Crippen LogP) is 2.56. The van der Waals surface area contributed by atoms with E-state index in [1.807, 2.05) is 12.1 Å². The highest BCUT2D eigenvalue weighted by Crippen LogP contribution is 2.23. The minimum absolute atomic E-state index is 0.686. The molecule has 18 heavy (non-hydrogen) atoms. The number of nitrogens with two attached hydrogens (primary N) is 1.